The van der Waals surface area contributed by atoms with Gasteiger partial charge in [0.1, 0.15) is 0 Å². The summed E-state index contributed by atoms with van der Waals surface area (Å²) in [4.78, 5) is 29.7. The molecule has 2 atom stereocenters. The monoisotopic (exact) mass is 592 g/mol. The van der Waals surface area contributed by atoms with Gasteiger partial charge in [-0.05, 0) is 66.3 Å². The van der Waals surface area contributed by atoms with Gasteiger partial charge in [-0.15, -0.1) is 0 Å². The van der Waals surface area contributed by atoms with Gasteiger partial charge in [0.05, 0.1) is 37.2 Å². The molecule has 1 aliphatic heterocycles. The van der Waals surface area contributed by atoms with Gasteiger partial charge >= 0.3 is 6.18 Å². The van der Waals surface area contributed by atoms with Gasteiger partial charge in [0, 0.05) is 24.1 Å². The van der Waals surface area contributed by atoms with Crippen LogP contribution in [0.15, 0.2) is 78.0 Å². The maximum atomic E-state index is 14.2. The number of benzene rings is 3. The van der Waals surface area contributed by atoms with Crippen LogP contribution in [-0.2, 0) is 15.8 Å². The number of nitrogens with zero attached hydrogens (tertiary/aromatic N) is 1. The van der Waals surface area contributed by atoms with E-state index in [-0.39, 0.29) is 30.4 Å². The molecule has 0 saturated carbocycles. The van der Waals surface area contributed by atoms with E-state index in [1.807, 2.05) is 43.3 Å². The second-order valence-electron chi connectivity index (χ2n) is 10.9. The number of fused-ring (bicyclic) bond motifs is 1. The Hall–Kier alpha value is -4.27. The van der Waals surface area contributed by atoms with Gasteiger partial charge in [0.2, 0.25) is 5.91 Å². The van der Waals surface area contributed by atoms with Crippen molar-refractivity contribution in [1.29, 1.82) is 0 Å². The number of halogens is 3. The third kappa shape index (κ3) is 6.12. The van der Waals surface area contributed by atoms with E-state index in [9.17, 15) is 22.8 Å². The molecule has 3 aromatic carbocycles. The zero-order valence-corrected chi connectivity index (χ0v) is 24.5. The fraction of sp³-hybridized carbons (Fsp3) is 0.353. The first-order valence-corrected chi connectivity index (χ1v) is 14.5. The molecule has 1 amide bonds. The minimum absolute atomic E-state index is 0.168. The summed E-state index contributed by atoms with van der Waals surface area (Å²) in [5.74, 6) is 0.590. The van der Waals surface area contributed by atoms with Crippen LogP contribution in [0.4, 0.5) is 24.5 Å². The Labute approximate surface area is 249 Å². The molecule has 0 spiro atoms. The molecule has 43 heavy (non-hydrogen) atoms. The van der Waals surface area contributed by atoms with Gasteiger partial charge in [-0.3, -0.25) is 14.5 Å². The molecule has 0 bridgehead atoms. The number of rotatable bonds is 8. The minimum Gasteiger partial charge on any atom is -0.493 e. The molecular weight excluding hydrogens is 557 g/mol. The molecule has 6 nitrogen and oxygen atoms in total. The van der Waals surface area contributed by atoms with Crippen molar-refractivity contribution in [3.63, 3.8) is 0 Å². The zero-order chi connectivity index (χ0) is 30.7. The number of Topliss-reactive ketones (excluding diaryl/α,β-unsaturated/α-hetero) is 1. The number of anilines is 2. The molecule has 0 radical (unpaired) electrons. The van der Waals surface area contributed by atoms with E-state index in [1.54, 1.807) is 25.2 Å². The number of para-hydroxylation sites is 2. The largest absolute Gasteiger partial charge is 0.493 e. The zero-order valence-electron chi connectivity index (χ0n) is 24.5. The predicted octanol–water partition coefficient (Wildman–Crippen LogP) is 8.20. The van der Waals surface area contributed by atoms with E-state index in [0.717, 1.165) is 30.5 Å². The van der Waals surface area contributed by atoms with Crippen molar-refractivity contribution in [1.82, 2.24) is 0 Å². The second-order valence-corrected chi connectivity index (χ2v) is 10.9. The van der Waals surface area contributed by atoms with Crippen LogP contribution >= 0.6 is 0 Å². The number of methoxy groups -OCH3 is 2. The number of ketones is 1. The van der Waals surface area contributed by atoms with E-state index in [1.165, 1.54) is 12.1 Å². The number of nitrogens with one attached hydrogen (secondary N) is 1. The van der Waals surface area contributed by atoms with Crippen LogP contribution in [0.25, 0.3) is 0 Å². The molecule has 0 saturated heterocycles. The quantitative estimate of drug-likeness (QED) is 0.267. The van der Waals surface area contributed by atoms with Crippen molar-refractivity contribution in [3.05, 3.63) is 94.7 Å². The smallest absolute Gasteiger partial charge is 0.416 e. The lowest BCUT2D eigenvalue weighted by molar-refractivity contribution is -0.137. The van der Waals surface area contributed by atoms with Crippen molar-refractivity contribution >= 4 is 23.1 Å². The van der Waals surface area contributed by atoms with Crippen LogP contribution in [-0.4, -0.2) is 25.9 Å². The van der Waals surface area contributed by atoms with E-state index in [0.29, 0.717) is 52.5 Å². The number of hydrogen-bond acceptors (Lipinski definition) is 5. The van der Waals surface area contributed by atoms with Crippen molar-refractivity contribution in [2.45, 2.75) is 63.6 Å². The molecule has 2 aliphatic rings. The van der Waals surface area contributed by atoms with Gasteiger partial charge in [-0.25, -0.2) is 0 Å². The number of allylic oxidation sites excluding steroid dienone is 1. The number of carbonyl (C=O) groups is 2. The van der Waals surface area contributed by atoms with E-state index in [2.05, 4.69) is 5.32 Å². The van der Waals surface area contributed by atoms with Crippen molar-refractivity contribution in [3.8, 4) is 11.5 Å². The molecule has 5 rings (SSSR count). The Morgan fingerprint density at radius 3 is 2.30 bits per heavy atom. The summed E-state index contributed by atoms with van der Waals surface area (Å²) < 4.78 is 51.3. The highest BCUT2D eigenvalue weighted by Crippen LogP contribution is 2.48. The van der Waals surface area contributed by atoms with E-state index in [4.69, 9.17) is 9.47 Å². The summed E-state index contributed by atoms with van der Waals surface area (Å²) in [7, 11) is 3.11. The number of unbranched alkanes of at least 4 members (excludes halogenated alkanes) is 2. The van der Waals surface area contributed by atoms with Crippen LogP contribution < -0.4 is 19.7 Å². The van der Waals surface area contributed by atoms with Crippen molar-refractivity contribution in [2.75, 3.05) is 24.4 Å². The third-order valence-corrected chi connectivity index (χ3v) is 8.18. The van der Waals surface area contributed by atoms with Gasteiger partial charge in [-0.2, -0.15) is 13.2 Å². The van der Waals surface area contributed by atoms with Gasteiger partial charge in [0.15, 0.2) is 17.3 Å². The highest BCUT2D eigenvalue weighted by molar-refractivity contribution is 6.06. The van der Waals surface area contributed by atoms with Crippen LogP contribution in [0.2, 0.25) is 0 Å². The number of ether oxygens (including phenoxy) is 2. The Morgan fingerprint density at radius 1 is 0.930 bits per heavy atom. The van der Waals surface area contributed by atoms with E-state index < -0.39 is 17.8 Å². The van der Waals surface area contributed by atoms with Crippen molar-refractivity contribution in [2.24, 2.45) is 0 Å². The Bertz CT molecular complexity index is 1530. The standard InChI is InChI=1S/C34H35F3N2O4/c1-4-5-6-11-31(41)39-27-10-8-7-9-25(27)38-26-18-23(22-14-17-29(42-2)30(20-22)43-3)19-28(40)32(26)33(39)21-12-15-24(16-13-21)34(35,36)37/h7-10,12-17,20,23,33,38H,4-6,11,18-19H2,1-3H3/t23-,33-/m0/s1. The van der Waals surface area contributed by atoms with Crippen LogP contribution in [0, 0.1) is 0 Å². The van der Waals surface area contributed by atoms with Gasteiger partial charge in [-0.1, -0.05) is 50.1 Å². The molecule has 1 heterocycles. The first kappa shape index (κ1) is 30.2. The molecular formula is C34H35F3N2O4. The summed E-state index contributed by atoms with van der Waals surface area (Å²) in [6.45, 7) is 2.05. The lowest BCUT2D eigenvalue weighted by Gasteiger charge is -2.35. The summed E-state index contributed by atoms with van der Waals surface area (Å²) in [6, 6.07) is 16.8. The Kier molecular flexibility index (Phi) is 8.80. The summed E-state index contributed by atoms with van der Waals surface area (Å²) >= 11 is 0. The topological polar surface area (TPSA) is 67.9 Å². The first-order valence-electron chi connectivity index (χ1n) is 14.5. The number of amides is 1. The summed E-state index contributed by atoms with van der Waals surface area (Å²) in [5, 5.41) is 3.46. The Morgan fingerprint density at radius 2 is 1.63 bits per heavy atom. The van der Waals surface area contributed by atoms with Crippen LogP contribution in [0.5, 0.6) is 11.5 Å². The number of carbonyl (C=O) groups excluding carboxylic acids is 2. The highest BCUT2D eigenvalue weighted by Gasteiger charge is 2.42. The maximum Gasteiger partial charge on any atom is 0.416 e. The normalized spacial score (nSPS) is 18.4. The SMILES string of the molecule is CCCCCC(=O)N1c2ccccc2NC2=C(C(=O)C[C@@H](c3ccc(OC)c(OC)c3)C2)[C@@H]1c1ccc(C(F)(F)F)cc1. The summed E-state index contributed by atoms with van der Waals surface area (Å²) in [6.07, 6.45) is -1.17. The third-order valence-electron chi connectivity index (χ3n) is 8.18. The van der Waals surface area contributed by atoms with E-state index >= 15 is 0 Å². The first-order chi connectivity index (χ1) is 20.7. The molecule has 3 aromatic rings. The fourth-order valence-corrected chi connectivity index (χ4v) is 6.02. The molecule has 1 aliphatic carbocycles. The predicted molar refractivity (Wildman–Crippen MR) is 159 cm³/mol. The fourth-order valence-electron chi connectivity index (χ4n) is 6.02. The summed E-state index contributed by atoms with van der Waals surface area (Å²) in [5.41, 5.74) is 2.85. The highest BCUT2D eigenvalue weighted by atomic mass is 19.4. The molecule has 9 heteroatoms. The van der Waals surface area contributed by atoms with Gasteiger partial charge in [0.25, 0.3) is 0 Å². The lowest BCUT2D eigenvalue weighted by Crippen LogP contribution is -2.38. The van der Waals surface area contributed by atoms with Crippen molar-refractivity contribution < 1.29 is 32.2 Å². The number of alkyl halides is 3. The molecule has 0 aromatic heterocycles. The number of hydrogen-bond donors (Lipinski definition) is 1. The average Bonchev–Trinajstić information content (AvgIpc) is 3.15. The van der Waals surface area contributed by atoms with Crippen LogP contribution in [0.3, 0.4) is 0 Å². The van der Waals surface area contributed by atoms with Gasteiger partial charge < -0.3 is 14.8 Å². The average molecular weight is 593 g/mol. The minimum atomic E-state index is -4.51. The lowest BCUT2D eigenvalue weighted by atomic mass is 9.78. The second kappa shape index (κ2) is 12.5. The molecule has 226 valence electrons. The molecule has 0 fully saturated rings. The maximum absolute atomic E-state index is 14.2. The Balaban J connectivity index is 1.65. The molecule has 1 N–H and O–H groups in total. The molecule has 0 unspecified atom stereocenters. The van der Waals surface area contributed by atoms with Crippen LogP contribution in [0.1, 0.15) is 74.1 Å².